The van der Waals surface area contributed by atoms with E-state index in [0.717, 1.165) is 48.5 Å². The molecule has 0 aliphatic carbocycles. The van der Waals surface area contributed by atoms with Crippen LogP contribution in [0.15, 0.2) is 53.6 Å². The van der Waals surface area contributed by atoms with E-state index in [4.69, 9.17) is 4.74 Å². The first kappa shape index (κ1) is 25.5. The number of hydrogen-bond acceptors (Lipinski definition) is 6. The summed E-state index contributed by atoms with van der Waals surface area (Å²) in [4.78, 5) is 39.9. The normalized spacial score (nSPS) is 15.0. The van der Waals surface area contributed by atoms with E-state index in [9.17, 15) is 9.59 Å². The predicted octanol–water partition coefficient (Wildman–Crippen LogP) is 4.15. The van der Waals surface area contributed by atoms with Crippen LogP contribution in [0.2, 0.25) is 0 Å². The number of aromatic nitrogens is 4. The maximum atomic E-state index is 13.5. The van der Waals surface area contributed by atoms with Crippen molar-refractivity contribution in [2.24, 2.45) is 5.92 Å². The fourth-order valence-electron chi connectivity index (χ4n) is 5.74. The zero-order valence-electron chi connectivity index (χ0n) is 22.3. The molecule has 0 spiro atoms. The number of rotatable bonds is 7. The molecule has 0 saturated carbocycles. The third-order valence-electron chi connectivity index (χ3n) is 7.72. The van der Waals surface area contributed by atoms with E-state index in [-0.39, 0.29) is 24.1 Å². The summed E-state index contributed by atoms with van der Waals surface area (Å²) in [6.07, 6.45) is 5.60. The summed E-state index contributed by atoms with van der Waals surface area (Å²) in [6.45, 7) is 7.93. The van der Waals surface area contributed by atoms with Gasteiger partial charge in [0.25, 0.3) is 11.5 Å². The number of pyridine rings is 1. The largest absolute Gasteiger partial charge is 0.496 e. The van der Waals surface area contributed by atoms with E-state index in [0.29, 0.717) is 28.5 Å². The van der Waals surface area contributed by atoms with Crippen LogP contribution in [0.1, 0.15) is 53.1 Å². The van der Waals surface area contributed by atoms with Gasteiger partial charge in [0.05, 0.1) is 24.8 Å². The topological polar surface area (TPSA) is 105 Å². The van der Waals surface area contributed by atoms with Gasteiger partial charge in [-0.1, -0.05) is 18.2 Å². The lowest BCUT2D eigenvalue weighted by atomic mass is 9.90. The van der Waals surface area contributed by atoms with Gasteiger partial charge in [-0.15, -0.1) is 0 Å². The highest BCUT2D eigenvalue weighted by Gasteiger charge is 2.30. The second kappa shape index (κ2) is 10.7. The maximum Gasteiger partial charge on any atom is 0.256 e. The van der Waals surface area contributed by atoms with Crippen molar-refractivity contribution < 1.29 is 9.53 Å². The molecule has 0 bridgehead atoms. The number of H-pyrrole nitrogens is 1. The van der Waals surface area contributed by atoms with E-state index >= 15 is 0 Å². The van der Waals surface area contributed by atoms with Crippen LogP contribution in [0.3, 0.4) is 0 Å². The Labute approximate surface area is 221 Å². The predicted molar refractivity (Wildman–Crippen MR) is 148 cm³/mol. The quantitative estimate of drug-likeness (QED) is 0.384. The van der Waals surface area contributed by atoms with E-state index in [1.165, 1.54) is 7.11 Å². The first-order valence-corrected chi connectivity index (χ1v) is 13.1. The second-order valence-electron chi connectivity index (χ2n) is 9.97. The third-order valence-corrected chi connectivity index (χ3v) is 7.72. The third kappa shape index (κ3) is 4.76. The SMILES string of the molecule is COc1cc(C)[nH]c(=O)c1CNC(=O)c1c(C)n([C@@H](C)C2CCN(c3ncccn3)CC2)c2ccccc12. The molecule has 1 aliphatic heterocycles. The van der Waals surface area contributed by atoms with Crippen molar-refractivity contribution in [3.05, 3.63) is 81.7 Å². The lowest BCUT2D eigenvalue weighted by Crippen LogP contribution is -2.37. The molecule has 198 valence electrons. The molecule has 3 aromatic heterocycles. The van der Waals surface area contributed by atoms with Crippen LogP contribution in [0, 0.1) is 19.8 Å². The highest BCUT2D eigenvalue weighted by molar-refractivity contribution is 6.08. The molecule has 1 amide bonds. The van der Waals surface area contributed by atoms with Crippen molar-refractivity contribution in [3.63, 3.8) is 0 Å². The Kier molecular flexibility index (Phi) is 7.18. The average molecular weight is 515 g/mol. The number of methoxy groups -OCH3 is 1. The van der Waals surface area contributed by atoms with Crippen LogP contribution in [-0.2, 0) is 6.54 Å². The number of amides is 1. The smallest absolute Gasteiger partial charge is 0.256 e. The van der Waals surface area contributed by atoms with Crippen molar-refractivity contribution >= 4 is 22.8 Å². The van der Waals surface area contributed by atoms with Crippen molar-refractivity contribution in [2.75, 3.05) is 25.1 Å². The van der Waals surface area contributed by atoms with E-state index in [1.807, 2.05) is 31.2 Å². The molecule has 4 heterocycles. The number of aryl methyl sites for hydroxylation is 1. The average Bonchev–Trinajstić information content (AvgIpc) is 3.23. The summed E-state index contributed by atoms with van der Waals surface area (Å²) in [7, 11) is 1.52. The minimum atomic E-state index is -0.262. The zero-order chi connectivity index (χ0) is 26.8. The second-order valence-corrected chi connectivity index (χ2v) is 9.97. The molecule has 0 radical (unpaired) electrons. The van der Waals surface area contributed by atoms with E-state index < -0.39 is 0 Å². The fraction of sp³-hybridized carbons (Fsp3) is 0.379. The summed E-state index contributed by atoms with van der Waals surface area (Å²) < 4.78 is 7.70. The number of ether oxygens (including phenoxy) is 1. The van der Waals surface area contributed by atoms with Crippen LogP contribution in [0.5, 0.6) is 5.75 Å². The molecule has 1 aliphatic rings. The molecule has 38 heavy (non-hydrogen) atoms. The Morgan fingerprint density at radius 2 is 1.87 bits per heavy atom. The van der Waals surface area contributed by atoms with Crippen molar-refractivity contribution in [3.8, 4) is 5.75 Å². The van der Waals surface area contributed by atoms with Crippen LogP contribution in [0.25, 0.3) is 10.9 Å². The van der Waals surface area contributed by atoms with Gasteiger partial charge in [-0.25, -0.2) is 9.97 Å². The van der Waals surface area contributed by atoms with Crippen molar-refractivity contribution in [2.45, 2.75) is 46.2 Å². The van der Waals surface area contributed by atoms with Crippen LogP contribution in [-0.4, -0.2) is 45.6 Å². The van der Waals surface area contributed by atoms with Crippen LogP contribution < -0.4 is 20.5 Å². The maximum absolute atomic E-state index is 13.5. The van der Waals surface area contributed by atoms with Crippen molar-refractivity contribution in [1.82, 2.24) is 24.8 Å². The highest BCUT2D eigenvalue weighted by atomic mass is 16.5. The van der Waals surface area contributed by atoms with Gasteiger partial charge in [0.15, 0.2) is 0 Å². The number of carbonyl (C=O) groups excluding carboxylic acids is 1. The number of aromatic amines is 1. The number of fused-ring (bicyclic) bond motifs is 1. The number of para-hydroxylation sites is 1. The number of benzene rings is 1. The first-order valence-electron chi connectivity index (χ1n) is 13.1. The number of hydrogen-bond donors (Lipinski definition) is 2. The summed E-state index contributed by atoms with van der Waals surface area (Å²) in [5.74, 6) is 1.49. The van der Waals surface area contributed by atoms with Gasteiger partial charge in [-0.2, -0.15) is 0 Å². The zero-order valence-corrected chi connectivity index (χ0v) is 22.3. The minimum Gasteiger partial charge on any atom is -0.496 e. The molecule has 9 heteroatoms. The Balaban J connectivity index is 1.39. The highest BCUT2D eigenvalue weighted by Crippen LogP contribution is 2.36. The molecule has 4 aromatic rings. The summed E-state index contributed by atoms with van der Waals surface area (Å²) in [5, 5.41) is 3.88. The molecule has 9 nitrogen and oxygen atoms in total. The minimum absolute atomic E-state index is 0.0755. The first-order chi connectivity index (χ1) is 18.4. The number of anilines is 1. The summed E-state index contributed by atoms with van der Waals surface area (Å²) in [6, 6.07) is 11.8. The number of piperidine rings is 1. The van der Waals surface area contributed by atoms with Gasteiger partial charge in [-0.3, -0.25) is 9.59 Å². The number of carbonyl (C=O) groups is 1. The van der Waals surface area contributed by atoms with E-state index in [1.54, 1.807) is 25.4 Å². The number of nitrogens with one attached hydrogen (secondary N) is 2. The number of nitrogens with zero attached hydrogens (tertiary/aromatic N) is 4. The molecular weight excluding hydrogens is 480 g/mol. The van der Waals surface area contributed by atoms with Crippen LogP contribution >= 0.6 is 0 Å². The molecule has 5 rings (SSSR count). The fourth-order valence-corrected chi connectivity index (χ4v) is 5.74. The van der Waals surface area contributed by atoms with Crippen LogP contribution in [0.4, 0.5) is 5.95 Å². The Morgan fingerprint density at radius 3 is 2.58 bits per heavy atom. The van der Waals surface area contributed by atoms with Crippen molar-refractivity contribution in [1.29, 1.82) is 0 Å². The van der Waals surface area contributed by atoms with Gasteiger partial charge in [0.2, 0.25) is 5.95 Å². The summed E-state index contributed by atoms with van der Waals surface area (Å²) >= 11 is 0. The molecule has 2 N–H and O–H groups in total. The molecule has 1 fully saturated rings. The Hall–Kier alpha value is -4.14. The Bertz CT molecular complexity index is 1500. The molecule has 1 aromatic carbocycles. The van der Waals surface area contributed by atoms with E-state index in [2.05, 4.69) is 42.7 Å². The summed E-state index contributed by atoms with van der Waals surface area (Å²) in [5.41, 5.74) is 3.46. The standard InChI is InChI=1S/C29H34N6O3/c1-18-16-25(38-4)23(27(36)33-18)17-32-28(37)26-20(3)35(24-9-6-5-8-22(24)26)19(2)21-10-14-34(15-11-21)29-30-12-7-13-31-29/h5-9,12-13,16,19,21H,10-11,14-15,17H2,1-4H3,(H,32,37)(H,33,36)/t19-/m0/s1. The Morgan fingerprint density at radius 1 is 1.16 bits per heavy atom. The molecule has 1 saturated heterocycles. The van der Waals surface area contributed by atoms with Gasteiger partial charge in [0, 0.05) is 53.8 Å². The lowest BCUT2D eigenvalue weighted by molar-refractivity contribution is 0.0951. The lowest BCUT2D eigenvalue weighted by Gasteiger charge is -2.36. The monoisotopic (exact) mass is 514 g/mol. The van der Waals surface area contributed by atoms with Gasteiger partial charge in [0.1, 0.15) is 5.75 Å². The van der Waals surface area contributed by atoms with Gasteiger partial charge in [-0.05, 0) is 57.7 Å². The van der Waals surface area contributed by atoms with Gasteiger partial charge >= 0.3 is 0 Å². The molecular formula is C29H34N6O3. The molecule has 1 atom stereocenters. The van der Waals surface area contributed by atoms with Gasteiger partial charge < -0.3 is 24.5 Å². The molecule has 0 unspecified atom stereocenters.